The predicted octanol–water partition coefficient (Wildman–Crippen LogP) is 4.59. The van der Waals surface area contributed by atoms with Gasteiger partial charge in [-0.1, -0.05) is 31.2 Å². The van der Waals surface area contributed by atoms with E-state index in [9.17, 15) is 9.59 Å². The monoisotopic (exact) mass is 505 g/mol. The van der Waals surface area contributed by atoms with Crippen molar-refractivity contribution < 1.29 is 29.3 Å². The number of carbonyl (C=O) groups is 2. The van der Waals surface area contributed by atoms with Crippen LogP contribution in [0.3, 0.4) is 0 Å². The van der Waals surface area contributed by atoms with Crippen LogP contribution in [0.15, 0.2) is 64.4 Å². The number of carboxylic acid groups (broad SMARTS) is 2. The van der Waals surface area contributed by atoms with Gasteiger partial charge in [-0.15, -0.1) is 23.5 Å². The average molecular weight is 506 g/mol. The summed E-state index contributed by atoms with van der Waals surface area (Å²) in [4.78, 5) is 21.6. The molecule has 184 valence electrons. The van der Waals surface area contributed by atoms with E-state index in [1.165, 1.54) is 15.4 Å². The van der Waals surface area contributed by atoms with Crippen LogP contribution in [0, 0.1) is 12.8 Å². The fraction of sp³-hybridized carbons (Fsp3) is 0.360. The molecule has 2 aromatic rings. The number of hydrogen-bond acceptors (Lipinski definition) is 7. The van der Waals surface area contributed by atoms with E-state index in [0.717, 1.165) is 36.2 Å². The van der Waals surface area contributed by atoms with E-state index in [1.54, 1.807) is 7.11 Å². The average Bonchev–Trinajstić information content (AvgIpc) is 3.03. The molecular weight excluding hydrogens is 474 g/mol. The quantitative estimate of drug-likeness (QED) is 0.333. The number of nitrogens with one attached hydrogen (secondary N) is 1. The van der Waals surface area contributed by atoms with Gasteiger partial charge in [-0.2, -0.15) is 0 Å². The summed E-state index contributed by atoms with van der Waals surface area (Å²) in [5.41, 5.74) is 1.19. The van der Waals surface area contributed by atoms with Gasteiger partial charge in [-0.3, -0.25) is 0 Å². The van der Waals surface area contributed by atoms with Crippen molar-refractivity contribution in [3.05, 3.63) is 60.2 Å². The predicted molar refractivity (Wildman–Crippen MR) is 136 cm³/mol. The van der Waals surface area contributed by atoms with Crippen LogP contribution in [0.5, 0.6) is 11.5 Å². The molecule has 7 nitrogen and oxygen atoms in total. The van der Waals surface area contributed by atoms with E-state index in [0.29, 0.717) is 24.1 Å². The van der Waals surface area contributed by atoms with Crippen molar-refractivity contribution in [1.29, 1.82) is 0 Å². The summed E-state index contributed by atoms with van der Waals surface area (Å²) in [6.45, 7) is 6.11. The molecule has 0 aliphatic carbocycles. The maximum Gasteiger partial charge on any atom is 0.328 e. The summed E-state index contributed by atoms with van der Waals surface area (Å²) in [5, 5.41) is 19.3. The van der Waals surface area contributed by atoms with Crippen molar-refractivity contribution in [1.82, 2.24) is 5.32 Å². The van der Waals surface area contributed by atoms with E-state index in [-0.39, 0.29) is 0 Å². The third-order valence-electron chi connectivity index (χ3n) is 4.76. The maximum atomic E-state index is 9.55. The summed E-state index contributed by atoms with van der Waals surface area (Å²) in [5.74, 6) is 2.18. The van der Waals surface area contributed by atoms with Gasteiger partial charge in [0.2, 0.25) is 0 Å². The number of aliphatic carboxylic acids is 2. The normalized spacial score (nSPS) is 15.8. The van der Waals surface area contributed by atoms with Gasteiger partial charge >= 0.3 is 11.9 Å². The number of fused-ring (bicyclic) bond motifs is 1. The van der Waals surface area contributed by atoms with Crippen molar-refractivity contribution in [3.8, 4) is 11.5 Å². The molecule has 1 aliphatic rings. The lowest BCUT2D eigenvalue weighted by Gasteiger charge is -2.19. The van der Waals surface area contributed by atoms with E-state index in [1.807, 2.05) is 29.6 Å². The van der Waals surface area contributed by atoms with Crippen LogP contribution >= 0.6 is 23.5 Å². The first-order valence-electron chi connectivity index (χ1n) is 10.8. The van der Waals surface area contributed by atoms with Gasteiger partial charge in [-0.25, -0.2) is 9.59 Å². The highest BCUT2D eigenvalue weighted by Crippen LogP contribution is 2.33. The van der Waals surface area contributed by atoms with E-state index in [2.05, 4.69) is 55.6 Å². The summed E-state index contributed by atoms with van der Waals surface area (Å²) in [6.07, 6.45) is 1.12. The molecule has 1 aliphatic heterocycles. The molecule has 0 aromatic heterocycles. The first-order chi connectivity index (χ1) is 16.3. The first-order valence-corrected chi connectivity index (χ1v) is 12.8. The Bertz CT molecular complexity index is 939. The van der Waals surface area contributed by atoms with Gasteiger partial charge in [0.25, 0.3) is 0 Å². The number of aryl methyl sites for hydroxylation is 1. The Balaban J connectivity index is 0.000000440. The van der Waals surface area contributed by atoms with Gasteiger partial charge in [0.05, 0.1) is 13.2 Å². The SMILES string of the molecule is COc1c(C)cccc1SC[C@@H](C)CN[C@@H]1COc2ccccc2SC1.O=C(O)/C=C/C(=O)O. The zero-order valence-electron chi connectivity index (χ0n) is 19.5. The van der Waals surface area contributed by atoms with Crippen molar-refractivity contribution in [3.63, 3.8) is 0 Å². The zero-order valence-corrected chi connectivity index (χ0v) is 21.2. The molecule has 34 heavy (non-hydrogen) atoms. The summed E-state index contributed by atoms with van der Waals surface area (Å²) in [7, 11) is 1.75. The van der Waals surface area contributed by atoms with E-state index >= 15 is 0 Å². The molecule has 3 N–H and O–H groups in total. The molecule has 1 heterocycles. The molecule has 0 spiro atoms. The molecule has 0 bridgehead atoms. The van der Waals surface area contributed by atoms with Gasteiger partial charge in [0.1, 0.15) is 18.1 Å². The lowest BCUT2D eigenvalue weighted by Crippen LogP contribution is -2.39. The molecule has 3 rings (SSSR count). The number of rotatable bonds is 9. The second kappa shape index (κ2) is 14.6. The third kappa shape index (κ3) is 9.70. The fourth-order valence-corrected chi connectivity index (χ4v) is 5.21. The number of ether oxygens (including phenoxy) is 2. The zero-order chi connectivity index (χ0) is 24.9. The number of para-hydroxylation sites is 2. The molecule has 9 heteroatoms. The molecule has 0 unspecified atom stereocenters. The van der Waals surface area contributed by atoms with Crippen molar-refractivity contribution in [2.75, 3.05) is 31.8 Å². The lowest BCUT2D eigenvalue weighted by molar-refractivity contribution is -0.134. The van der Waals surface area contributed by atoms with Crippen molar-refractivity contribution >= 4 is 35.5 Å². The lowest BCUT2D eigenvalue weighted by atomic mass is 10.2. The molecule has 0 radical (unpaired) electrons. The van der Waals surface area contributed by atoms with Gasteiger partial charge < -0.3 is 25.0 Å². The Labute approximate surface area is 208 Å². The maximum absolute atomic E-state index is 9.55. The van der Waals surface area contributed by atoms with Crippen LogP contribution in [0.25, 0.3) is 0 Å². The van der Waals surface area contributed by atoms with E-state index < -0.39 is 11.9 Å². The topological polar surface area (TPSA) is 105 Å². The van der Waals surface area contributed by atoms with Gasteiger partial charge in [0.15, 0.2) is 0 Å². The van der Waals surface area contributed by atoms with Crippen LogP contribution < -0.4 is 14.8 Å². The molecular formula is C25H31NO6S2. The first kappa shape index (κ1) is 27.6. The molecule has 0 amide bonds. The van der Waals surface area contributed by atoms with Crippen LogP contribution in [-0.2, 0) is 9.59 Å². The second-order valence-corrected chi connectivity index (χ2v) is 9.83. The highest BCUT2D eigenvalue weighted by atomic mass is 32.2. The second-order valence-electron chi connectivity index (χ2n) is 7.71. The Kier molecular flexibility index (Phi) is 11.9. The summed E-state index contributed by atoms with van der Waals surface area (Å²) < 4.78 is 11.5. The third-order valence-corrected chi connectivity index (χ3v) is 7.34. The minimum absolute atomic E-state index is 0.383. The Morgan fingerprint density at radius 2 is 1.91 bits per heavy atom. The van der Waals surface area contributed by atoms with Crippen molar-refractivity contribution in [2.45, 2.75) is 29.7 Å². The largest absolute Gasteiger partial charge is 0.495 e. The highest BCUT2D eigenvalue weighted by Gasteiger charge is 2.18. The van der Waals surface area contributed by atoms with Crippen LogP contribution in [0.1, 0.15) is 12.5 Å². The van der Waals surface area contributed by atoms with Gasteiger partial charge in [-0.05, 0) is 43.1 Å². The van der Waals surface area contributed by atoms with Crippen LogP contribution in [0.2, 0.25) is 0 Å². The minimum atomic E-state index is -1.26. The Hall–Kier alpha value is -2.62. The Morgan fingerprint density at radius 1 is 1.21 bits per heavy atom. The Morgan fingerprint density at radius 3 is 2.59 bits per heavy atom. The number of thioether (sulfide) groups is 2. The number of carboxylic acids is 2. The van der Waals surface area contributed by atoms with Crippen molar-refractivity contribution in [2.24, 2.45) is 5.92 Å². The van der Waals surface area contributed by atoms with E-state index in [4.69, 9.17) is 19.7 Å². The minimum Gasteiger partial charge on any atom is -0.495 e. The number of benzene rings is 2. The number of hydrogen-bond donors (Lipinski definition) is 3. The molecule has 2 atom stereocenters. The smallest absolute Gasteiger partial charge is 0.328 e. The molecule has 0 saturated carbocycles. The molecule has 0 fully saturated rings. The molecule has 0 saturated heterocycles. The highest BCUT2D eigenvalue weighted by molar-refractivity contribution is 7.99. The number of methoxy groups -OCH3 is 1. The summed E-state index contributed by atoms with van der Waals surface area (Å²) in [6, 6.07) is 15.0. The van der Waals surface area contributed by atoms with Crippen LogP contribution in [-0.4, -0.2) is 60.0 Å². The standard InChI is InChI=1S/C21H27NO2S2.C4H4O4/c1-15(13-25-20-10-6-7-16(2)21(20)23-3)11-22-17-12-24-18-8-4-5-9-19(18)26-14-17;5-3(6)1-2-4(7)8/h4-10,15,17,22H,11-14H2,1-3H3;1-2H,(H,5,6)(H,7,8)/b;2-1+/t15-,17+;/m0./s1. The van der Waals surface area contributed by atoms with Gasteiger partial charge in [0, 0.05) is 33.4 Å². The molecule has 2 aromatic carbocycles. The fourth-order valence-electron chi connectivity index (χ4n) is 3.04. The van der Waals surface area contributed by atoms with Crippen LogP contribution in [0.4, 0.5) is 0 Å². The summed E-state index contributed by atoms with van der Waals surface area (Å²) >= 11 is 3.75.